The summed E-state index contributed by atoms with van der Waals surface area (Å²) in [4.78, 5) is 103. The van der Waals surface area contributed by atoms with Crippen LogP contribution in [0.15, 0.2) is 233 Å². The van der Waals surface area contributed by atoms with Crippen LogP contribution in [-0.4, -0.2) is 155 Å². The summed E-state index contributed by atoms with van der Waals surface area (Å²) in [5, 5.41) is 41.5. The number of carboxylic acids is 2. The topological polar surface area (TPSA) is 436 Å². The third-order valence-corrected chi connectivity index (χ3v) is 16.0. The fraction of sp³-hybridized carbons (Fsp3) is 0.322. The first kappa shape index (κ1) is 101. The number of rotatable bonds is 29. The molecule has 0 unspecified atom stereocenters. The van der Waals surface area contributed by atoms with E-state index in [1.54, 1.807) is 113 Å². The molecule has 0 saturated heterocycles. The van der Waals surface area contributed by atoms with Crippen LogP contribution in [0.4, 0.5) is 13.2 Å². The van der Waals surface area contributed by atoms with Crippen LogP contribution in [0.3, 0.4) is 0 Å². The summed E-state index contributed by atoms with van der Waals surface area (Å²) in [5.41, 5.74) is 36.0. The van der Waals surface area contributed by atoms with E-state index in [2.05, 4.69) is 58.4 Å². The number of amidine groups is 2. The molecule has 16 N–H and O–H groups in total. The number of benzene rings is 8. The van der Waals surface area contributed by atoms with Crippen molar-refractivity contribution in [3.8, 4) is 0 Å². The number of guanidine groups is 1. The van der Waals surface area contributed by atoms with Gasteiger partial charge in [0, 0.05) is 36.1 Å². The van der Waals surface area contributed by atoms with Crippen molar-refractivity contribution in [2.45, 2.75) is 154 Å². The van der Waals surface area contributed by atoms with Gasteiger partial charge in [0.25, 0.3) is 11.8 Å². The molecule has 0 radical (unpaired) electrons. The monoisotopic (exact) mass is 1680 g/mol. The van der Waals surface area contributed by atoms with E-state index in [1.807, 2.05) is 148 Å². The predicted molar refractivity (Wildman–Crippen MR) is 455 cm³/mol. The normalized spacial score (nSPS) is 11.7. The number of carbonyl (C=O) groups excluding carboxylic acids is 6. The minimum Gasteiger partial charge on any atom is -0.480 e. The van der Waals surface area contributed by atoms with Crippen LogP contribution in [0.1, 0.15) is 174 Å². The lowest BCUT2D eigenvalue weighted by Crippen LogP contribution is -2.44. The number of amides is 2. The van der Waals surface area contributed by atoms with E-state index in [0.29, 0.717) is 91.1 Å². The van der Waals surface area contributed by atoms with Crippen molar-refractivity contribution >= 4 is 94.1 Å². The lowest BCUT2D eigenvalue weighted by Gasteiger charge is -2.24. The molecular formula is C87H109BBrF3N10O15. The summed E-state index contributed by atoms with van der Waals surface area (Å²) in [6, 6.07) is 65.3. The maximum atomic E-state index is 12.9. The number of halogens is 4. The van der Waals surface area contributed by atoms with Crippen molar-refractivity contribution in [3.05, 3.63) is 280 Å². The number of nitrogens with two attached hydrogens (primary N) is 5. The summed E-state index contributed by atoms with van der Waals surface area (Å²) in [5.74, 6) is -2.79. The van der Waals surface area contributed by atoms with Crippen molar-refractivity contribution in [2.24, 2.45) is 43.6 Å². The van der Waals surface area contributed by atoms with Crippen LogP contribution in [0, 0.1) is 0 Å². The number of esters is 3. The minimum atomic E-state index is -4.64. The second-order valence-electron chi connectivity index (χ2n) is 28.0. The Kier molecular flexibility index (Phi) is 47.4. The molecule has 628 valence electrons. The zero-order chi connectivity index (χ0) is 87.5. The number of aromatic carboxylic acids is 1. The van der Waals surface area contributed by atoms with Crippen molar-refractivity contribution < 1.29 is 86.0 Å². The number of ether oxygens (including phenoxy) is 3. The Bertz CT molecular complexity index is 4410. The zero-order valence-corrected chi connectivity index (χ0v) is 69.0. The lowest BCUT2D eigenvalue weighted by molar-refractivity contribution is -0.158. The number of aliphatic imine (C=N–C) groups is 3. The Hall–Kier alpha value is -11.9. The molecule has 0 aliphatic rings. The van der Waals surface area contributed by atoms with E-state index in [9.17, 15) is 51.8 Å². The fourth-order valence-corrected chi connectivity index (χ4v) is 10.3. The van der Waals surface area contributed by atoms with Crippen LogP contribution in [0.2, 0.25) is 0 Å². The van der Waals surface area contributed by atoms with E-state index in [0.717, 1.165) is 52.4 Å². The number of hydrogen-bond donors (Lipinski definition) is 11. The molecule has 0 spiro atoms. The molecule has 0 saturated carbocycles. The van der Waals surface area contributed by atoms with Crippen molar-refractivity contribution in [3.63, 3.8) is 0 Å². The highest BCUT2D eigenvalue weighted by Crippen LogP contribution is 2.19. The van der Waals surface area contributed by atoms with Gasteiger partial charge >= 0.3 is 43.1 Å². The molecule has 30 heteroatoms. The SMILES string of the molecule is CC(N)=NCCC[C@H](N)C(=O)OC(C)(C)C.CC(N)=NCCC[C@H](NC(=O)c1cccc(Cc2ccccc2)c1)C(=O)OC(C)(C)C.COC(=O)c1cccc(CBr)c1.NC(N)=NCCC[C@H](NC(=O)c1cccc(Cc2ccccc2)c1)C(=O)O.O=C(O)c1cccc(Cc2ccccc2)c1.O=CC(F)(F)F.OB(O)c1ccccc1. The van der Waals surface area contributed by atoms with Gasteiger partial charge in [0.1, 0.15) is 29.3 Å². The summed E-state index contributed by atoms with van der Waals surface area (Å²) in [6.45, 7) is 15.7. The third-order valence-electron chi connectivity index (χ3n) is 15.3. The van der Waals surface area contributed by atoms with Crippen LogP contribution in [0.25, 0.3) is 0 Å². The Morgan fingerprint density at radius 3 is 1.16 bits per heavy atom. The summed E-state index contributed by atoms with van der Waals surface area (Å²) in [6.07, 6.45) is -0.509. The van der Waals surface area contributed by atoms with Crippen molar-refractivity contribution in [2.75, 3.05) is 26.7 Å². The van der Waals surface area contributed by atoms with Gasteiger partial charge in [-0.2, -0.15) is 13.2 Å². The maximum absolute atomic E-state index is 12.9. The fourth-order valence-electron chi connectivity index (χ4n) is 9.96. The Labute approximate surface area is 691 Å². The number of carbonyl (C=O) groups is 8. The first-order valence-electron chi connectivity index (χ1n) is 37.1. The molecule has 0 heterocycles. The Morgan fingerprint density at radius 1 is 0.479 bits per heavy atom. The number of nitrogens with zero attached hydrogens (tertiary/aromatic N) is 3. The number of nitrogens with one attached hydrogen (secondary N) is 2. The molecule has 117 heavy (non-hydrogen) atoms. The molecule has 0 bridgehead atoms. The molecule has 8 aromatic rings. The van der Waals surface area contributed by atoms with Gasteiger partial charge in [-0.05, 0) is 206 Å². The first-order valence-corrected chi connectivity index (χ1v) is 38.3. The number of methoxy groups -OCH3 is 1. The van der Waals surface area contributed by atoms with Gasteiger partial charge in [0.15, 0.2) is 5.96 Å². The smallest absolute Gasteiger partial charge is 0.480 e. The van der Waals surface area contributed by atoms with E-state index in [1.165, 1.54) is 18.2 Å². The van der Waals surface area contributed by atoms with Crippen LogP contribution in [0.5, 0.6) is 0 Å². The highest BCUT2D eigenvalue weighted by Gasteiger charge is 2.28. The second-order valence-corrected chi connectivity index (χ2v) is 28.6. The van der Waals surface area contributed by atoms with Crippen LogP contribution >= 0.6 is 15.9 Å². The lowest BCUT2D eigenvalue weighted by atomic mass is 9.81. The number of carboxylic acid groups (broad SMARTS) is 2. The average Bonchev–Trinajstić information content (AvgIpc) is 0.882. The number of aliphatic carboxylic acids is 1. The Balaban J connectivity index is 0.000000489. The summed E-state index contributed by atoms with van der Waals surface area (Å²) >= 11 is 3.31. The summed E-state index contributed by atoms with van der Waals surface area (Å²) < 4.78 is 46.5. The van der Waals surface area contributed by atoms with E-state index in [-0.39, 0.29) is 30.2 Å². The molecule has 8 rings (SSSR count). The van der Waals surface area contributed by atoms with Crippen molar-refractivity contribution in [1.29, 1.82) is 0 Å². The minimum absolute atomic E-state index is 0.0406. The second kappa shape index (κ2) is 54.8. The van der Waals surface area contributed by atoms with Gasteiger partial charge in [0.05, 0.1) is 29.9 Å². The summed E-state index contributed by atoms with van der Waals surface area (Å²) in [7, 11) is 0.0366. The first-order chi connectivity index (χ1) is 55.2. The predicted octanol–water partition coefficient (Wildman–Crippen LogP) is 11.7. The third kappa shape index (κ3) is 48.2. The van der Waals surface area contributed by atoms with Crippen LogP contribution < -0.4 is 44.8 Å². The molecule has 0 fully saturated rings. The molecule has 2 amide bonds. The van der Waals surface area contributed by atoms with E-state index >= 15 is 0 Å². The molecule has 0 aliphatic carbocycles. The standard InChI is InChI=1S/C25H33N3O3.C20H24N4O3.C14H12O2.C11H23N3O2.C9H9BrO2.C6H7BO2.C2HF3O/c1-18(26)27-15-9-14-22(24(30)31-25(2,3)4)28-23(29)21-13-8-12-20(17-21)16-19-10-6-5-7-11-19;21-20(22)23-11-5-10-17(19(26)27)24-18(25)16-9-4-8-15(13-16)12-14-6-2-1-3-7-14;15-14(16)13-8-4-7-12(10-13)9-11-5-2-1-3-6-11;1-8(12)14-7-5-6-9(13)10(15)16-11(2,3)4;1-12-9(11)8-4-2-3-7(5-8)6-10;8-7(9)6-4-2-1-3-5-6;3-2(4,5)1-6/h5-8,10-13,17,22H,9,14-16H2,1-4H3,(H2,26,27)(H,28,29);1-4,6-9,13,17H,5,10-12H2,(H,24,25)(H,26,27)(H4,21,22,23);1-8,10H,9H2,(H,15,16);9H,5-7,13H2,1-4H3,(H2,12,14);2-5H,6H2,1H3;1-5,8-9H;1H/t22-;17-;;9-;;;/m00.0.../s1. The highest BCUT2D eigenvalue weighted by molar-refractivity contribution is 9.08. The molecule has 0 aliphatic heterocycles. The number of aldehydes is 1. The largest absolute Gasteiger partial charge is 0.488 e. The number of alkyl halides is 4. The quantitative estimate of drug-likeness (QED) is 0.00303. The molecule has 8 aromatic carbocycles. The van der Waals surface area contributed by atoms with Gasteiger partial charge in [0.2, 0.25) is 6.29 Å². The molecule has 0 aromatic heterocycles. The molecular weight excluding hydrogens is 1570 g/mol. The maximum Gasteiger partial charge on any atom is 0.488 e. The van der Waals surface area contributed by atoms with Gasteiger partial charge in [-0.3, -0.25) is 34.2 Å². The highest BCUT2D eigenvalue weighted by atomic mass is 79.9. The molecule has 25 nitrogen and oxygen atoms in total. The van der Waals surface area contributed by atoms with Gasteiger partial charge in [-0.25, -0.2) is 19.2 Å². The van der Waals surface area contributed by atoms with Crippen LogP contribution in [-0.2, 0) is 58.0 Å². The number of hydrogen-bond acceptors (Lipinski definition) is 17. The van der Waals surface area contributed by atoms with E-state index in [4.69, 9.17) is 58.1 Å². The van der Waals surface area contributed by atoms with E-state index < -0.39 is 72.7 Å². The average molecular weight is 1680 g/mol. The molecule has 3 atom stereocenters. The van der Waals surface area contributed by atoms with Gasteiger partial charge in [-0.15, -0.1) is 0 Å². The van der Waals surface area contributed by atoms with Crippen molar-refractivity contribution in [1.82, 2.24) is 10.6 Å². The Morgan fingerprint density at radius 2 is 0.812 bits per heavy atom. The zero-order valence-electron chi connectivity index (χ0n) is 67.4. The van der Waals surface area contributed by atoms with Gasteiger partial charge < -0.3 is 73.8 Å². The van der Waals surface area contributed by atoms with Gasteiger partial charge in [-0.1, -0.05) is 186 Å².